The van der Waals surface area contributed by atoms with Crippen LogP contribution in [0.1, 0.15) is 30.9 Å². The van der Waals surface area contributed by atoms with Crippen LogP contribution in [0.25, 0.3) is 0 Å². The van der Waals surface area contributed by atoms with Crippen molar-refractivity contribution in [2.75, 3.05) is 23.7 Å². The smallest absolute Gasteiger partial charge is 0.265 e. The molecule has 2 heterocycles. The molecular weight excluding hydrogens is 430 g/mol. The molecule has 4 rings (SSSR count). The fourth-order valence-electron chi connectivity index (χ4n) is 4.15. The predicted molar refractivity (Wildman–Crippen MR) is 121 cm³/mol. The van der Waals surface area contributed by atoms with Crippen LogP contribution in [0.5, 0.6) is 5.75 Å². The lowest BCUT2D eigenvalue weighted by Gasteiger charge is -2.31. The monoisotopic (exact) mass is 457 g/mol. The number of piperidine rings is 1. The number of fused-ring (bicyclic) bond motifs is 1. The molecule has 0 aromatic heterocycles. The number of nitrogens with one attached hydrogen (secondary N) is 2. The predicted octanol–water partition coefficient (Wildman–Crippen LogP) is 3.06. The van der Waals surface area contributed by atoms with Crippen molar-refractivity contribution in [2.45, 2.75) is 44.6 Å². The van der Waals surface area contributed by atoms with Gasteiger partial charge in [0.2, 0.25) is 15.9 Å². The second-order valence-corrected chi connectivity index (χ2v) is 10.4. The highest BCUT2D eigenvalue weighted by Gasteiger charge is 2.33. The number of aryl methyl sites for hydroxylation is 2. The number of anilines is 2. The fourth-order valence-corrected chi connectivity index (χ4v) is 5.64. The number of carbonyl (C=O) groups excluding carboxylic acids is 2. The summed E-state index contributed by atoms with van der Waals surface area (Å²) in [6.45, 7) is 6.09. The van der Waals surface area contributed by atoms with Crippen LogP contribution in [-0.2, 0) is 19.6 Å². The number of amides is 2. The van der Waals surface area contributed by atoms with Crippen LogP contribution < -0.4 is 15.4 Å². The van der Waals surface area contributed by atoms with E-state index in [0.29, 0.717) is 24.3 Å². The van der Waals surface area contributed by atoms with Gasteiger partial charge >= 0.3 is 0 Å². The van der Waals surface area contributed by atoms with Gasteiger partial charge < -0.3 is 15.4 Å². The standard InChI is InChI=1S/C23H27N3O5S/c1-14-10-15(2)12-18(11-14)24-23(28)17-6-8-26(9-7-17)32(29,30)19-4-5-21-20(13-19)25-22(27)16(3)31-21/h4-5,10-13,16-17H,6-9H2,1-3H3,(H,24,28)(H,25,27). The van der Waals surface area contributed by atoms with Gasteiger partial charge in [-0.2, -0.15) is 4.31 Å². The van der Waals surface area contributed by atoms with Gasteiger partial charge in [0.25, 0.3) is 5.91 Å². The zero-order valence-corrected chi connectivity index (χ0v) is 19.2. The Bertz CT molecular complexity index is 1150. The highest BCUT2D eigenvalue weighted by Crippen LogP contribution is 2.33. The summed E-state index contributed by atoms with van der Waals surface area (Å²) in [5, 5.41) is 5.64. The number of sulfonamides is 1. The Balaban J connectivity index is 1.42. The maximum Gasteiger partial charge on any atom is 0.265 e. The van der Waals surface area contributed by atoms with Gasteiger partial charge in [0.1, 0.15) is 5.75 Å². The summed E-state index contributed by atoms with van der Waals surface area (Å²) < 4.78 is 33.2. The van der Waals surface area contributed by atoms with E-state index in [0.717, 1.165) is 16.8 Å². The summed E-state index contributed by atoms with van der Waals surface area (Å²) in [5.41, 5.74) is 3.25. The summed E-state index contributed by atoms with van der Waals surface area (Å²) in [6.07, 6.45) is 0.259. The third kappa shape index (κ3) is 4.49. The second-order valence-electron chi connectivity index (χ2n) is 8.45. The molecule has 0 bridgehead atoms. The molecule has 1 fully saturated rings. The Labute approximate surface area is 188 Å². The summed E-state index contributed by atoms with van der Waals surface area (Å²) in [4.78, 5) is 24.6. The van der Waals surface area contributed by atoms with Crippen molar-refractivity contribution in [3.8, 4) is 5.75 Å². The molecule has 9 heteroatoms. The lowest BCUT2D eigenvalue weighted by molar-refractivity contribution is -0.123. The average Bonchev–Trinajstić information content (AvgIpc) is 2.73. The Kier molecular flexibility index (Phi) is 5.96. The van der Waals surface area contributed by atoms with Gasteiger partial charge in [-0.15, -0.1) is 0 Å². The van der Waals surface area contributed by atoms with Gasteiger partial charge in [0, 0.05) is 24.7 Å². The van der Waals surface area contributed by atoms with Crippen LogP contribution in [0.2, 0.25) is 0 Å². The maximum atomic E-state index is 13.1. The van der Waals surface area contributed by atoms with Gasteiger partial charge in [-0.05, 0) is 75.1 Å². The molecule has 0 spiro atoms. The molecule has 0 saturated carbocycles. The molecule has 8 nitrogen and oxygen atoms in total. The Morgan fingerprint density at radius 1 is 1.09 bits per heavy atom. The normalized spacial score (nSPS) is 19.6. The Morgan fingerprint density at radius 3 is 2.41 bits per heavy atom. The average molecular weight is 458 g/mol. The van der Waals surface area contributed by atoms with E-state index in [-0.39, 0.29) is 35.7 Å². The second kappa shape index (κ2) is 8.55. The van der Waals surface area contributed by atoms with E-state index in [9.17, 15) is 18.0 Å². The van der Waals surface area contributed by atoms with Gasteiger partial charge in [0.15, 0.2) is 6.10 Å². The molecule has 1 unspecified atom stereocenters. The number of hydrogen-bond donors (Lipinski definition) is 2. The largest absolute Gasteiger partial charge is 0.479 e. The molecule has 2 N–H and O–H groups in total. The zero-order chi connectivity index (χ0) is 23.0. The van der Waals surface area contributed by atoms with Crippen molar-refractivity contribution in [1.29, 1.82) is 0 Å². The first-order valence-corrected chi connectivity index (χ1v) is 12.1. The zero-order valence-electron chi connectivity index (χ0n) is 18.3. The molecule has 0 radical (unpaired) electrons. The van der Waals surface area contributed by atoms with Crippen molar-refractivity contribution in [3.63, 3.8) is 0 Å². The molecule has 2 aliphatic heterocycles. The van der Waals surface area contributed by atoms with Crippen molar-refractivity contribution >= 4 is 33.2 Å². The summed E-state index contributed by atoms with van der Waals surface area (Å²) >= 11 is 0. The molecular formula is C23H27N3O5S. The lowest BCUT2D eigenvalue weighted by Crippen LogP contribution is -2.41. The number of benzene rings is 2. The topological polar surface area (TPSA) is 105 Å². The summed E-state index contributed by atoms with van der Waals surface area (Å²) in [7, 11) is -3.75. The van der Waals surface area contributed by atoms with E-state index in [4.69, 9.17) is 4.74 Å². The quantitative estimate of drug-likeness (QED) is 0.734. The lowest BCUT2D eigenvalue weighted by atomic mass is 9.97. The molecule has 2 amide bonds. The van der Waals surface area contributed by atoms with Crippen molar-refractivity contribution < 1.29 is 22.7 Å². The molecule has 32 heavy (non-hydrogen) atoms. The summed E-state index contributed by atoms with van der Waals surface area (Å²) in [5.74, 6) is -0.213. The van der Waals surface area contributed by atoms with Crippen LogP contribution >= 0.6 is 0 Å². The van der Waals surface area contributed by atoms with E-state index < -0.39 is 16.1 Å². The minimum absolute atomic E-state index is 0.0881. The van der Waals surface area contributed by atoms with Gasteiger partial charge in [0.05, 0.1) is 10.6 Å². The SMILES string of the molecule is Cc1cc(C)cc(NC(=O)C2CCN(S(=O)(=O)c3ccc4c(c3)NC(=O)C(C)O4)CC2)c1. The van der Waals surface area contributed by atoms with E-state index in [1.165, 1.54) is 16.4 Å². The van der Waals surface area contributed by atoms with Crippen LogP contribution in [0.3, 0.4) is 0 Å². The van der Waals surface area contributed by atoms with Crippen LogP contribution in [0, 0.1) is 19.8 Å². The van der Waals surface area contributed by atoms with Crippen LogP contribution in [0.4, 0.5) is 11.4 Å². The van der Waals surface area contributed by atoms with E-state index >= 15 is 0 Å². The highest BCUT2D eigenvalue weighted by molar-refractivity contribution is 7.89. The molecule has 2 aliphatic rings. The molecule has 2 aromatic rings. The third-order valence-corrected chi connectivity index (χ3v) is 7.73. The van der Waals surface area contributed by atoms with E-state index in [1.807, 2.05) is 32.0 Å². The minimum atomic E-state index is -3.75. The Hall–Kier alpha value is -2.91. The van der Waals surface area contributed by atoms with Crippen molar-refractivity contribution in [3.05, 3.63) is 47.5 Å². The van der Waals surface area contributed by atoms with E-state index in [1.54, 1.807) is 13.0 Å². The van der Waals surface area contributed by atoms with Gasteiger partial charge in [-0.3, -0.25) is 9.59 Å². The molecule has 1 saturated heterocycles. The highest BCUT2D eigenvalue weighted by atomic mass is 32.2. The van der Waals surface area contributed by atoms with Crippen LogP contribution in [0.15, 0.2) is 41.3 Å². The maximum absolute atomic E-state index is 13.1. The third-order valence-electron chi connectivity index (χ3n) is 5.83. The molecule has 170 valence electrons. The molecule has 1 atom stereocenters. The van der Waals surface area contributed by atoms with Crippen LogP contribution in [-0.4, -0.2) is 43.7 Å². The van der Waals surface area contributed by atoms with Crippen molar-refractivity contribution in [2.24, 2.45) is 5.92 Å². The first kappa shape index (κ1) is 22.3. The fraction of sp³-hybridized carbons (Fsp3) is 0.391. The number of hydrogen-bond acceptors (Lipinski definition) is 5. The number of rotatable bonds is 4. The Morgan fingerprint density at radius 2 is 1.75 bits per heavy atom. The van der Waals surface area contributed by atoms with Gasteiger partial charge in [-0.25, -0.2) is 8.42 Å². The first-order chi connectivity index (χ1) is 15.1. The first-order valence-electron chi connectivity index (χ1n) is 10.6. The van der Waals surface area contributed by atoms with Crippen molar-refractivity contribution in [1.82, 2.24) is 4.31 Å². The number of nitrogens with zero attached hydrogens (tertiary/aromatic N) is 1. The molecule has 0 aliphatic carbocycles. The number of ether oxygens (including phenoxy) is 1. The van der Waals surface area contributed by atoms with E-state index in [2.05, 4.69) is 10.6 Å². The molecule has 2 aromatic carbocycles. The minimum Gasteiger partial charge on any atom is -0.479 e. The summed E-state index contributed by atoms with van der Waals surface area (Å²) in [6, 6.07) is 10.3. The number of carbonyl (C=O) groups is 2. The van der Waals surface area contributed by atoms with Gasteiger partial charge in [-0.1, -0.05) is 6.07 Å².